The Bertz CT molecular complexity index is 888. The van der Waals surface area contributed by atoms with Crippen LogP contribution in [0.4, 0.5) is 10.8 Å². The molecule has 128 valence electrons. The molecule has 6 heteroatoms. The summed E-state index contributed by atoms with van der Waals surface area (Å²) in [5.74, 6) is 0.482. The molecular weight excluding hydrogens is 334 g/mol. The van der Waals surface area contributed by atoms with Crippen molar-refractivity contribution in [3.63, 3.8) is 0 Å². The highest BCUT2D eigenvalue weighted by Gasteiger charge is 2.10. The van der Waals surface area contributed by atoms with Crippen LogP contribution in [0.2, 0.25) is 0 Å². The van der Waals surface area contributed by atoms with Crippen molar-refractivity contribution in [2.75, 3.05) is 17.7 Å². The molecule has 0 radical (unpaired) electrons. The molecule has 1 amide bonds. The molecule has 3 N–H and O–H groups in total. The van der Waals surface area contributed by atoms with Gasteiger partial charge < -0.3 is 10.5 Å². The molecule has 5 nitrogen and oxygen atoms in total. The predicted molar refractivity (Wildman–Crippen MR) is 102 cm³/mol. The van der Waals surface area contributed by atoms with Crippen LogP contribution in [-0.4, -0.2) is 17.5 Å². The van der Waals surface area contributed by atoms with E-state index in [0.29, 0.717) is 10.8 Å². The highest BCUT2D eigenvalue weighted by atomic mass is 32.1. The lowest BCUT2D eigenvalue weighted by molar-refractivity contribution is -0.118. The number of carbonyl (C=O) groups excluding carboxylic acids is 1. The topological polar surface area (TPSA) is 77.2 Å². The van der Waals surface area contributed by atoms with E-state index in [-0.39, 0.29) is 12.5 Å². The van der Waals surface area contributed by atoms with E-state index < -0.39 is 0 Å². The van der Waals surface area contributed by atoms with E-state index in [1.165, 1.54) is 11.3 Å². The molecule has 0 bridgehead atoms. The number of rotatable bonds is 5. The number of ether oxygens (including phenoxy) is 1. The Morgan fingerprint density at radius 3 is 2.72 bits per heavy atom. The number of thiazole rings is 1. The summed E-state index contributed by atoms with van der Waals surface area (Å²) in [7, 11) is 0. The molecule has 25 heavy (non-hydrogen) atoms. The Kier molecular flexibility index (Phi) is 5.00. The molecule has 0 unspecified atom stereocenters. The second-order valence-electron chi connectivity index (χ2n) is 5.69. The number of anilines is 2. The molecular formula is C19H19N3O2S. The van der Waals surface area contributed by atoms with E-state index in [1.807, 2.05) is 61.7 Å². The van der Waals surface area contributed by atoms with Crippen LogP contribution in [0.15, 0.2) is 47.8 Å². The van der Waals surface area contributed by atoms with Crippen LogP contribution < -0.4 is 15.8 Å². The minimum atomic E-state index is -0.237. The van der Waals surface area contributed by atoms with Gasteiger partial charge in [0, 0.05) is 16.6 Å². The molecule has 1 heterocycles. The van der Waals surface area contributed by atoms with Gasteiger partial charge in [0.2, 0.25) is 0 Å². The molecule has 0 saturated heterocycles. The third kappa shape index (κ3) is 4.16. The van der Waals surface area contributed by atoms with E-state index in [9.17, 15) is 4.79 Å². The average molecular weight is 353 g/mol. The summed E-state index contributed by atoms with van der Waals surface area (Å²) in [5, 5.41) is 5.21. The lowest BCUT2D eigenvalue weighted by Crippen LogP contribution is -2.20. The van der Waals surface area contributed by atoms with Crippen molar-refractivity contribution in [1.29, 1.82) is 0 Å². The third-order valence-corrected chi connectivity index (χ3v) is 4.63. The van der Waals surface area contributed by atoms with Crippen LogP contribution in [-0.2, 0) is 4.79 Å². The van der Waals surface area contributed by atoms with Gasteiger partial charge in [-0.15, -0.1) is 11.3 Å². The number of benzene rings is 2. The molecule has 2 aromatic carbocycles. The van der Waals surface area contributed by atoms with Crippen LogP contribution in [0.25, 0.3) is 11.3 Å². The van der Waals surface area contributed by atoms with Crippen LogP contribution in [0.3, 0.4) is 0 Å². The number of hydrogen-bond acceptors (Lipinski definition) is 5. The maximum Gasteiger partial charge on any atom is 0.264 e. The molecule has 0 aliphatic heterocycles. The van der Waals surface area contributed by atoms with Gasteiger partial charge in [0.1, 0.15) is 5.75 Å². The smallest absolute Gasteiger partial charge is 0.264 e. The number of nitrogens with one attached hydrogen (secondary N) is 1. The van der Waals surface area contributed by atoms with Crippen molar-refractivity contribution in [3.8, 4) is 17.0 Å². The first-order chi connectivity index (χ1) is 12.0. The largest absolute Gasteiger partial charge is 0.483 e. The zero-order chi connectivity index (χ0) is 17.8. The van der Waals surface area contributed by atoms with Gasteiger partial charge in [0.25, 0.3) is 5.91 Å². The lowest BCUT2D eigenvalue weighted by atomic mass is 10.1. The lowest BCUT2D eigenvalue weighted by Gasteiger charge is -2.10. The van der Waals surface area contributed by atoms with Gasteiger partial charge in [-0.25, -0.2) is 4.98 Å². The Balaban J connectivity index is 1.60. The normalized spacial score (nSPS) is 10.5. The predicted octanol–water partition coefficient (Wildman–Crippen LogP) is 4.03. The van der Waals surface area contributed by atoms with Gasteiger partial charge in [-0.3, -0.25) is 10.1 Å². The van der Waals surface area contributed by atoms with Crippen LogP contribution in [0.5, 0.6) is 5.75 Å². The van der Waals surface area contributed by atoms with Crippen molar-refractivity contribution in [2.24, 2.45) is 0 Å². The summed E-state index contributed by atoms with van der Waals surface area (Å²) in [6.07, 6.45) is 0. The summed E-state index contributed by atoms with van der Waals surface area (Å²) < 4.78 is 5.61. The Morgan fingerprint density at radius 2 is 1.96 bits per heavy atom. The maximum absolute atomic E-state index is 12.1. The third-order valence-electron chi connectivity index (χ3n) is 3.87. The SMILES string of the molecule is Cc1cccc(OCC(=O)Nc2nc(-c3ccc(N)cc3)cs2)c1C. The number of nitrogen functional groups attached to an aromatic ring is 1. The fourth-order valence-corrected chi connectivity index (χ4v) is 3.03. The minimum absolute atomic E-state index is 0.0545. The van der Waals surface area contributed by atoms with Gasteiger partial charge in [0.15, 0.2) is 11.7 Å². The zero-order valence-corrected chi connectivity index (χ0v) is 14.9. The van der Waals surface area contributed by atoms with Crippen molar-refractivity contribution in [3.05, 3.63) is 59.0 Å². The number of hydrogen-bond donors (Lipinski definition) is 2. The number of amides is 1. The Morgan fingerprint density at radius 1 is 1.20 bits per heavy atom. The highest BCUT2D eigenvalue weighted by Crippen LogP contribution is 2.25. The number of nitrogens with zero attached hydrogens (tertiary/aromatic N) is 1. The molecule has 0 spiro atoms. The molecule has 0 aliphatic rings. The summed E-state index contributed by atoms with van der Waals surface area (Å²) >= 11 is 1.37. The number of aryl methyl sites for hydroxylation is 1. The number of aromatic nitrogens is 1. The van der Waals surface area contributed by atoms with E-state index in [2.05, 4.69) is 10.3 Å². The van der Waals surface area contributed by atoms with Crippen LogP contribution in [0.1, 0.15) is 11.1 Å². The Labute approximate surface area is 150 Å². The van der Waals surface area contributed by atoms with Gasteiger partial charge in [0.05, 0.1) is 5.69 Å². The zero-order valence-electron chi connectivity index (χ0n) is 14.1. The second-order valence-corrected chi connectivity index (χ2v) is 6.55. The highest BCUT2D eigenvalue weighted by molar-refractivity contribution is 7.14. The van der Waals surface area contributed by atoms with Crippen molar-refractivity contribution >= 4 is 28.1 Å². The van der Waals surface area contributed by atoms with Crippen molar-refractivity contribution in [2.45, 2.75) is 13.8 Å². The van der Waals surface area contributed by atoms with Crippen LogP contribution in [0, 0.1) is 13.8 Å². The number of nitrogens with two attached hydrogens (primary N) is 1. The fraction of sp³-hybridized carbons (Fsp3) is 0.158. The molecule has 0 aliphatic carbocycles. The van der Waals surface area contributed by atoms with E-state index in [4.69, 9.17) is 10.5 Å². The molecule has 0 fully saturated rings. The Hall–Kier alpha value is -2.86. The quantitative estimate of drug-likeness (QED) is 0.679. The van der Waals surface area contributed by atoms with E-state index in [1.54, 1.807) is 0 Å². The summed E-state index contributed by atoms with van der Waals surface area (Å²) in [6, 6.07) is 13.2. The van der Waals surface area contributed by atoms with Crippen molar-refractivity contribution < 1.29 is 9.53 Å². The average Bonchev–Trinajstić information content (AvgIpc) is 3.05. The summed E-state index contributed by atoms with van der Waals surface area (Å²) in [6.45, 7) is 3.93. The molecule has 0 atom stereocenters. The first-order valence-corrected chi connectivity index (χ1v) is 8.71. The number of carbonyl (C=O) groups is 1. The van der Waals surface area contributed by atoms with Gasteiger partial charge in [-0.1, -0.05) is 24.3 Å². The molecule has 0 saturated carbocycles. The van der Waals surface area contributed by atoms with Gasteiger partial charge in [-0.05, 0) is 43.2 Å². The van der Waals surface area contributed by atoms with Gasteiger partial charge >= 0.3 is 0 Å². The summed E-state index contributed by atoms with van der Waals surface area (Å²) in [5.41, 5.74) is 10.3. The van der Waals surface area contributed by atoms with E-state index in [0.717, 1.165) is 28.1 Å². The molecule has 3 aromatic rings. The monoisotopic (exact) mass is 353 g/mol. The van der Waals surface area contributed by atoms with Crippen molar-refractivity contribution in [1.82, 2.24) is 4.98 Å². The van der Waals surface area contributed by atoms with E-state index >= 15 is 0 Å². The first-order valence-electron chi connectivity index (χ1n) is 7.83. The van der Waals surface area contributed by atoms with Gasteiger partial charge in [-0.2, -0.15) is 0 Å². The van der Waals surface area contributed by atoms with Crippen LogP contribution >= 0.6 is 11.3 Å². The molecule has 1 aromatic heterocycles. The second kappa shape index (κ2) is 7.36. The standard InChI is InChI=1S/C19H19N3O2S/c1-12-4-3-5-17(13(12)2)24-10-18(23)22-19-21-16(11-25-19)14-6-8-15(20)9-7-14/h3-9,11H,10,20H2,1-2H3,(H,21,22,23). The summed E-state index contributed by atoms with van der Waals surface area (Å²) in [4.78, 5) is 16.5. The molecule has 3 rings (SSSR count). The first kappa shape index (κ1) is 17.0. The minimum Gasteiger partial charge on any atom is -0.483 e. The fourth-order valence-electron chi connectivity index (χ4n) is 2.30. The maximum atomic E-state index is 12.1.